The van der Waals surface area contributed by atoms with Crippen LogP contribution in [0.1, 0.15) is 24.8 Å². The highest BCUT2D eigenvalue weighted by Crippen LogP contribution is 2.47. The van der Waals surface area contributed by atoms with Gasteiger partial charge in [-0.15, -0.1) is 0 Å². The number of hydrogen-bond acceptors (Lipinski definition) is 1. The summed E-state index contributed by atoms with van der Waals surface area (Å²) in [5, 5.41) is 0.753. The summed E-state index contributed by atoms with van der Waals surface area (Å²) in [6.07, 6.45) is 1.01. The largest absolute Gasteiger partial charge is 0.300 e. The molecule has 1 fully saturated rings. The third kappa shape index (κ3) is 1.75. The van der Waals surface area contributed by atoms with Gasteiger partial charge in [0.2, 0.25) is 0 Å². The quantitative estimate of drug-likeness (QED) is 0.708. The lowest BCUT2D eigenvalue weighted by Crippen LogP contribution is -1.94. The Morgan fingerprint density at radius 1 is 1.38 bits per heavy atom. The predicted molar refractivity (Wildman–Crippen MR) is 53.0 cm³/mol. The Labute approximate surface area is 82.7 Å². The second-order valence-corrected chi connectivity index (χ2v) is 4.05. The van der Waals surface area contributed by atoms with E-state index in [0.29, 0.717) is 11.7 Å². The minimum atomic E-state index is 0.265. The molecule has 0 bridgehead atoms. The van der Waals surface area contributed by atoms with E-state index in [-0.39, 0.29) is 5.92 Å². The molecule has 0 spiro atoms. The summed E-state index contributed by atoms with van der Waals surface area (Å²) in [6, 6.07) is 7.78. The molecule has 1 aromatic carbocycles. The molecule has 1 aliphatic carbocycles. The van der Waals surface area contributed by atoms with E-state index in [9.17, 15) is 4.79 Å². The van der Waals surface area contributed by atoms with E-state index < -0.39 is 0 Å². The van der Waals surface area contributed by atoms with Crippen LogP contribution in [-0.4, -0.2) is 5.78 Å². The number of rotatable bonds is 2. The molecule has 0 heterocycles. The maximum Gasteiger partial charge on any atom is 0.133 e. The van der Waals surface area contributed by atoms with E-state index in [0.717, 1.165) is 11.4 Å². The third-order valence-corrected chi connectivity index (χ3v) is 2.86. The molecular weight excluding hydrogens is 184 g/mol. The lowest BCUT2D eigenvalue weighted by Gasteiger charge is -1.97. The molecule has 1 aliphatic rings. The average molecular weight is 195 g/mol. The smallest absolute Gasteiger partial charge is 0.133 e. The molecule has 1 nitrogen and oxygen atoms in total. The van der Waals surface area contributed by atoms with Crippen LogP contribution in [-0.2, 0) is 4.79 Å². The monoisotopic (exact) mass is 194 g/mol. The number of carbonyl (C=O) groups excluding carboxylic acids is 1. The van der Waals surface area contributed by atoms with Crippen LogP contribution < -0.4 is 0 Å². The second-order valence-electron chi connectivity index (χ2n) is 3.61. The van der Waals surface area contributed by atoms with Gasteiger partial charge in [-0.3, -0.25) is 4.79 Å². The van der Waals surface area contributed by atoms with E-state index in [2.05, 4.69) is 0 Å². The van der Waals surface area contributed by atoms with Crippen molar-refractivity contribution in [2.24, 2.45) is 5.92 Å². The van der Waals surface area contributed by atoms with Crippen LogP contribution in [0.15, 0.2) is 24.3 Å². The molecule has 0 amide bonds. The number of carbonyl (C=O) groups is 1. The third-order valence-electron chi connectivity index (χ3n) is 2.61. The normalized spacial score (nSPS) is 25.7. The summed E-state index contributed by atoms with van der Waals surface area (Å²) in [4.78, 5) is 11.0. The fourth-order valence-corrected chi connectivity index (χ4v) is 1.85. The van der Waals surface area contributed by atoms with Gasteiger partial charge < -0.3 is 0 Å². The van der Waals surface area contributed by atoms with Crippen molar-refractivity contribution in [2.45, 2.75) is 19.3 Å². The zero-order chi connectivity index (χ0) is 9.42. The molecule has 0 radical (unpaired) electrons. The Morgan fingerprint density at radius 2 is 2.00 bits per heavy atom. The number of ketones is 1. The van der Waals surface area contributed by atoms with Crippen molar-refractivity contribution in [1.82, 2.24) is 0 Å². The number of Topliss-reactive ketones (excluding diaryl/α,β-unsaturated/α-hetero) is 1. The molecule has 1 unspecified atom stereocenters. The van der Waals surface area contributed by atoms with E-state index in [1.807, 2.05) is 24.3 Å². The highest BCUT2D eigenvalue weighted by atomic mass is 35.5. The maximum absolute atomic E-state index is 11.0. The van der Waals surface area contributed by atoms with Gasteiger partial charge in [0.1, 0.15) is 5.78 Å². The molecule has 68 valence electrons. The first kappa shape index (κ1) is 8.76. The van der Waals surface area contributed by atoms with Gasteiger partial charge in [0, 0.05) is 10.9 Å². The van der Waals surface area contributed by atoms with Crippen LogP contribution >= 0.6 is 11.6 Å². The molecule has 1 saturated carbocycles. The van der Waals surface area contributed by atoms with Crippen LogP contribution in [0.25, 0.3) is 0 Å². The van der Waals surface area contributed by atoms with Crippen molar-refractivity contribution in [1.29, 1.82) is 0 Å². The van der Waals surface area contributed by atoms with Crippen LogP contribution in [0.2, 0.25) is 5.02 Å². The molecule has 2 rings (SSSR count). The van der Waals surface area contributed by atoms with E-state index in [1.165, 1.54) is 5.56 Å². The zero-order valence-electron chi connectivity index (χ0n) is 7.46. The summed E-state index contributed by atoms with van der Waals surface area (Å²) in [7, 11) is 0. The molecule has 0 aromatic heterocycles. The maximum atomic E-state index is 11.0. The highest BCUT2D eigenvalue weighted by molar-refractivity contribution is 6.30. The van der Waals surface area contributed by atoms with Gasteiger partial charge >= 0.3 is 0 Å². The second kappa shape index (κ2) is 3.15. The van der Waals surface area contributed by atoms with Gasteiger partial charge in [0.05, 0.1) is 0 Å². The summed E-state index contributed by atoms with van der Waals surface area (Å²) in [5.41, 5.74) is 1.24. The van der Waals surface area contributed by atoms with Crippen molar-refractivity contribution in [2.75, 3.05) is 0 Å². The van der Waals surface area contributed by atoms with Crippen molar-refractivity contribution in [3.63, 3.8) is 0 Å². The highest BCUT2D eigenvalue weighted by Gasteiger charge is 2.41. The van der Waals surface area contributed by atoms with Gasteiger partial charge in [-0.05, 0) is 37.0 Å². The first-order valence-corrected chi connectivity index (χ1v) is 4.82. The minimum absolute atomic E-state index is 0.265. The molecule has 13 heavy (non-hydrogen) atoms. The number of hydrogen-bond donors (Lipinski definition) is 0. The minimum Gasteiger partial charge on any atom is -0.300 e. The fourth-order valence-electron chi connectivity index (χ4n) is 1.72. The van der Waals surface area contributed by atoms with Crippen LogP contribution in [0.3, 0.4) is 0 Å². The van der Waals surface area contributed by atoms with Crippen LogP contribution in [0, 0.1) is 5.92 Å². The molecular formula is C11H11ClO. The molecule has 0 saturated heterocycles. The first-order valence-electron chi connectivity index (χ1n) is 4.44. The summed E-state index contributed by atoms with van der Waals surface area (Å²) >= 11 is 5.77. The first-order chi connectivity index (χ1) is 6.18. The molecule has 2 atom stereocenters. The van der Waals surface area contributed by atoms with Crippen LogP contribution in [0.4, 0.5) is 0 Å². The summed E-state index contributed by atoms with van der Waals surface area (Å²) in [5.74, 6) is 1.02. The van der Waals surface area contributed by atoms with Gasteiger partial charge in [-0.1, -0.05) is 23.7 Å². The van der Waals surface area contributed by atoms with Gasteiger partial charge in [0.15, 0.2) is 0 Å². The lowest BCUT2D eigenvalue weighted by atomic mass is 10.1. The fraction of sp³-hybridized carbons (Fsp3) is 0.364. The van der Waals surface area contributed by atoms with Crippen molar-refractivity contribution < 1.29 is 4.79 Å². The Morgan fingerprint density at radius 3 is 2.46 bits per heavy atom. The number of benzene rings is 1. The molecule has 0 N–H and O–H groups in total. The molecule has 1 aromatic rings. The van der Waals surface area contributed by atoms with Gasteiger partial charge in [-0.25, -0.2) is 0 Å². The number of halogens is 1. The SMILES string of the molecule is CC(=O)[C@H]1CC1c1ccc(Cl)cc1. The predicted octanol–water partition coefficient (Wildman–Crippen LogP) is 3.03. The van der Waals surface area contributed by atoms with Gasteiger partial charge in [0.25, 0.3) is 0 Å². The van der Waals surface area contributed by atoms with Crippen molar-refractivity contribution in [3.05, 3.63) is 34.9 Å². The molecule has 0 aliphatic heterocycles. The Kier molecular flexibility index (Phi) is 2.12. The zero-order valence-corrected chi connectivity index (χ0v) is 8.21. The Bertz CT molecular complexity index is 328. The standard InChI is InChI=1S/C11H11ClO/c1-7(13)10-6-11(10)8-2-4-9(12)5-3-8/h2-5,10-11H,6H2,1H3/t10-,11?/m1/s1. The summed E-state index contributed by atoms with van der Waals surface area (Å²) < 4.78 is 0. The van der Waals surface area contributed by atoms with Gasteiger partial charge in [-0.2, -0.15) is 0 Å². The van der Waals surface area contributed by atoms with Crippen molar-refractivity contribution in [3.8, 4) is 0 Å². The van der Waals surface area contributed by atoms with E-state index in [1.54, 1.807) is 6.92 Å². The molecule has 2 heteroatoms. The van der Waals surface area contributed by atoms with Crippen LogP contribution in [0.5, 0.6) is 0 Å². The lowest BCUT2D eigenvalue weighted by molar-refractivity contribution is -0.118. The van der Waals surface area contributed by atoms with Crippen molar-refractivity contribution >= 4 is 17.4 Å². The Balaban J connectivity index is 2.12. The Hall–Kier alpha value is -0.820. The average Bonchev–Trinajstić information content (AvgIpc) is 2.85. The van der Waals surface area contributed by atoms with E-state index >= 15 is 0 Å². The topological polar surface area (TPSA) is 17.1 Å². The van der Waals surface area contributed by atoms with E-state index in [4.69, 9.17) is 11.6 Å². The summed E-state index contributed by atoms with van der Waals surface area (Å²) in [6.45, 7) is 1.67.